The van der Waals surface area contributed by atoms with Gasteiger partial charge in [-0.25, -0.2) is 4.79 Å². The molecule has 150 valence electrons. The molecular weight excluding hydrogens is 374 g/mol. The Hall–Kier alpha value is -3.86. The van der Waals surface area contributed by atoms with Crippen molar-refractivity contribution in [2.45, 2.75) is 6.54 Å². The smallest absolute Gasteiger partial charge is 0.326 e. The summed E-state index contributed by atoms with van der Waals surface area (Å²) < 4.78 is 1.73. The van der Waals surface area contributed by atoms with E-state index in [0.717, 1.165) is 28.1 Å². The minimum absolute atomic E-state index is 0.0634. The zero-order valence-electron chi connectivity index (χ0n) is 17.0. The highest BCUT2D eigenvalue weighted by molar-refractivity contribution is 5.94. The lowest BCUT2D eigenvalue weighted by Gasteiger charge is -2.13. The third-order valence-corrected chi connectivity index (χ3v) is 5.01. The number of rotatable bonds is 5. The molecule has 0 fully saturated rings. The highest BCUT2D eigenvalue weighted by atomic mass is 16.2. The van der Waals surface area contributed by atoms with Crippen LogP contribution in [0.15, 0.2) is 89.7 Å². The quantitative estimate of drug-likeness (QED) is 0.547. The molecule has 1 heterocycles. The fraction of sp³-hybridized carbons (Fsp3) is 0.120. The van der Waals surface area contributed by atoms with Gasteiger partial charge in [-0.3, -0.25) is 9.36 Å². The molecule has 0 bridgehead atoms. The van der Waals surface area contributed by atoms with Crippen molar-refractivity contribution in [3.63, 3.8) is 0 Å². The number of nitrogens with zero attached hydrogens (tertiary/aromatic N) is 2. The summed E-state index contributed by atoms with van der Waals surface area (Å²) in [7, 11) is 3.45. The van der Waals surface area contributed by atoms with Gasteiger partial charge in [-0.1, -0.05) is 72.8 Å². The lowest BCUT2D eigenvalue weighted by Crippen LogP contribution is -2.22. The zero-order valence-corrected chi connectivity index (χ0v) is 17.0. The SMILES string of the molecule is CN(C)C(=O)c1cccc(Cn2c(-c3ccccc3)c(-c3ccccc3)[nH]c2=O)c1. The summed E-state index contributed by atoms with van der Waals surface area (Å²) >= 11 is 0. The van der Waals surface area contributed by atoms with E-state index in [1.54, 1.807) is 29.6 Å². The third-order valence-electron chi connectivity index (χ3n) is 5.01. The van der Waals surface area contributed by atoms with Crippen LogP contribution in [-0.2, 0) is 6.54 Å². The number of amides is 1. The number of hydrogen-bond acceptors (Lipinski definition) is 2. The van der Waals surface area contributed by atoms with Crippen LogP contribution in [0.1, 0.15) is 15.9 Å². The predicted molar refractivity (Wildman–Crippen MR) is 119 cm³/mol. The Morgan fingerprint density at radius 1 is 0.867 bits per heavy atom. The van der Waals surface area contributed by atoms with E-state index in [2.05, 4.69) is 4.98 Å². The van der Waals surface area contributed by atoms with Crippen LogP contribution in [0.4, 0.5) is 0 Å². The molecule has 0 spiro atoms. The Morgan fingerprint density at radius 2 is 1.50 bits per heavy atom. The van der Waals surface area contributed by atoms with Crippen LogP contribution in [0.25, 0.3) is 22.5 Å². The number of carbonyl (C=O) groups excluding carboxylic acids is 1. The van der Waals surface area contributed by atoms with Crippen LogP contribution in [0.5, 0.6) is 0 Å². The first kappa shape index (κ1) is 19.5. The standard InChI is InChI=1S/C25H23N3O2/c1-27(2)24(29)21-15-9-10-18(16-21)17-28-23(20-13-7-4-8-14-20)22(26-25(28)30)19-11-5-3-6-12-19/h3-16H,17H2,1-2H3,(H,26,30). The fourth-order valence-corrected chi connectivity index (χ4v) is 3.57. The molecule has 1 amide bonds. The van der Waals surface area contributed by atoms with Gasteiger partial charge in [-0.2, -0.15) is 0 Å². The molecule has 30 heavy (non-hydrogen) atoms. The summed E-state index contributed by atoms with van der Waals surface area (Å²) in [5, 5.41) is 0. The molecule has 0 saturated carbocycles. The van der Waals surface area contributed by atoms with E-state index in [-0.39, 0.29) is 11.6 Å². The van der Waals surface area contributed by atoms with Gasteiger partial charge in [-0.05, 0) is 17.7 Å². The first-order chi connectivity index (χ1) is 14.5. The minimum Gasteiger partial charge on any atom is -0.345 e. The Labute approximate surface area is 175 Å². The number of hydrogen-bond donors (Lipinski definition) is 1. The van der Waals surface area contributed by atoms with Gasteiger partial charge < -0.3 is 9.88 Å². The van der Waals surface area contributed by atoms with Gasteiger partial charge in [-0.15, -0.1) is 0 Å². The molecule has 4 aromatic rings. The Bertz CT molecular complexity index is 1220. The fourth-order valence-electron chi connectivity index (χ4n) is 3.57. The van der Waals surface area contributed by atoms with E-state index in [1.165, 1.54) is 0 Å². The molecule has 5 heteroatoms. The number of carbonyl (C=O) groups is 1. The number of benzene rings is 3. The van der Waals surface area contributed by atoms with E-state index >= 15 is 0 Å². The molecule has 0 radical (unpaired) electrons. The van der Waals surface area contributed by atoms with Gasteiger partial charge in [0.1, 0.15) is 0 Å². The van der Waals surface area contributed by atoms with E-state index in [9.17, 15) is 9.59 Å². The first-order valence-electron chi connectivity index (χ1n) is 9.79. The predicted octanol–water partition coefficient (Wildman–Crippen LogP) is 4.26. The molecule has 5 nitrogen and oxygen atoms in total. The molecule has 4 rings (SSSR count). The van der Waals surface area contributed by atoms with Gasteiger partial charge >= 0.3 is 5.69 Å². The molecule has 0 saturated heterocycles. The van der Waals surface area contributed by atoms with Crippen LogP contribution in [-0.4, -0.2) is 34.5 Å². The maximum Gasteiger partial charge on any atom is 0.326 e. The third kappa shape index (κ3) is 3.82. The highest BCUT2D eigenvalue weighted by Gasteiger charge is 2.18. The van der Waals surface area contributed by atoms with Crippen molar-refractivity contribution >= 4 is 5.91 Å². The largest absolute Gasteiger partial charge is 0.345 e. The number of H-pyrrole nitrogens is 1. The second-order valence-electron chi connectivity index (χ2n) is 7.37. The highest BCUT2D eigenvalue weighted by Crippen LogP contribution is 2.30. The average molecular weight is 397 g/mol. The van der Waals surface area contributed by atoms with Gasteiger partial charge in [0.15, 0.2) is 0 Å². The van der Waals surface area contributed by atoms with Crippen LogP contribution in [0.2, 0.25) is 0 Å². The Morgan fingerprint density at radius 3 is 2.13 bits per heavy atom. The summed E-state index contributed by atoms with van der Waals surface area (Å²) in [6, 6.07) is 27.1. The molecule has 3 aromatic carbocycles. The monoisotopic (exact) mass is 397 g/mol. The Kier molecular flexibility index (Phi) is 5.35. The topological polar surface area (TPSA) is 58.1 Å². The maximum atomic E-state index is 13.0. The van der Waals surface area contributed by atoms with Gasteiger partial charge in [0, 0.05) is 30.8 Å². The van der Waals surface area contributed by atoms with E-state index in [0.29, 0.717) is 12.1 Å². The summed E-state index contributed by atoms with van der Waals surface area (Å²) in [4.78, 5) is 29.9. The van der Waals surface area contributed by atoms with Crippen molar-refractivity contribution in [3.8, 4) is 22.5 Å². The van der Waals surface area contributed by atoms with E-state index in [4.69, 9.17) is 0 Å². The molecule has 1 aromatic heterocycles. The van der Waals surface area contributed by atoms with Crippen molar-refractivity contribution in [2.75, 3.05) is 14.1 Å². The lowest BCUT2D eigenvalue weighted by atomic mass is 10.0. The van der Waals surface area contributed by atoms with E-state index in [1.807, 2.05) is 78.9 Å². The molecule has 0 aliphatic heterocycles. The van der Waals surface area contributed by atoms with Gasteiger partial charge in [0.05, 0.1) is 17.9 Å². The summed E-state index contributed by atoms with van der Waals surface area (Å²) in [5.41, 5.74) is 4.82. The second-order valence-corrected chi connectivity index (χ2v) is 7.37. The molecule has 0 atom stereocenters. The van der Waals surface area contributed by atoms with Gasteiger partial charge in [0.25, 0.3) is 5.91 Å². The normalized spacial score (nSPS) is 10.7. The molecule has 1 N–H and O–H groups in total. The van der Waals surface area contributed by atoms with Crippen molar-refractivity contribution in [2.24, 2.45) is 0 Å². The molecule has 0 aliphatic rings. The summed E-state index contributed by atoms with van der Waals surface area (Å²) in [6.07, 6.45) is 0. The molecular formula is C25H23N3O2. The summed E-state index contributed by atoms with van der Waals surface area (Å²) in [5.74, 6) is -0.0634. The zero-order chi connectivity index (χ0) is 21.1. The minimum atomic E-state index is -0.183. The van der Waals surface area contributed by atoms with Crippen molar-refractivity contribution in [1.82, 2.24) is 14.5 Å². The number of nitrogens with one attached hydrogen (secondary N) is 1. The van der Waals surface area contributed by atoms with Crippen LogP contribution in [0, 0.1) is 0 Å². The molecule has 0 unspecified atom stereocenters. The van der Waals surface area contributed by atoms with Crippen molar-refractivity contribution in [3.05, 3.63) is 107 Å². The average Bonchev–Trinajstić information content (AvgIpc) is 3.10. The van der Waals surface area contributed by atoms with Crippen LogP contribution in [0.3, 0.4) is 0 Å². The lowest BCUT2D eigenvalue weighted by molar-refractivity contribution is 0.0827. The molecule has 0 aliphatic carbocycles. The number of imidazole rings is 1. The maximum absolute atomic E-state index is 13.0. The number of aromatic nitrogens is 2. The second kappa shape index (κ2) is 8.25. The number of aromatic amines is 1. The van der Waals surface area contributed by atoms with Crippen molar-refractivity contribution in [1.29, 1.82) is 0 Å². The summed E-state index contributed by atoms with van der Waals surface area (Å²) in [6.45, 7) is 0.362. The van der Waals surface area contributed by atoms with Crippen LogP contribution < -0.4 is 5.69 Å². The van der Waals surface area contributed by atoms with Gasteiger partial charge in [0.2, 0.25) is 0 Å². The van der Waals surface area contributed by atoms with Crippen molar-refractivity contribution < 1.29 is 4.79 Å². The van der Waals surface area contributed by atoms with Crippen LogP contribution >= 0.6 is 0 Å². The van der Waals surface area contributed by atoms with E-state index < -0.39 is 0 Å². The Balaban J connectivity index is 1.83. The first-order valence-corrected chi connectivity index (χ1v) is 9.79.